The highest BCUT2D eigenvalue weighted by Gasteiger charge is 2.33. The molecule has 0 bridgehead atoms. The summed E-state index contributed by atoms with van der Waals surface area (Å²) in [4.78, 5) is 7.26. The van der Waals surface area contributed by atoms with Crippen LogP contribution in [-0.4, -0.2) is 17.0 Å². The van der Waals surface area contributed by atoms with Crippen LogP contribution in [0.2, 0.25) is 0 Å². The molecule has 21 heavy (non-hydrogen) atoms. The van der Waals surface area contributed by atoms with Gasteiger partial charge in [0.1, 0.15) is 5.82 Å². The molecule has 8 heteroatoms. The maximum absolute atomic E-state index is 12.8. The van der Waals surface area contributed by atoms with Gasteiger partial charge in [0.05, 0.1) is 11.6 Å². The van der Waals surface area contributed by atoms with E-state index in [0.29, 0.717) is 11.3 Å². The molecule has 0 aliphatic heterocycles. The molecule has 2 rings (SSSR count). The maximum Gasteiger partial charge on any atom is 0.433 e. The van der Waals surface area contributed by atoms with Crippen LogP contribution in [0.1, 0.15) is 11.3 Å². The van der Waals surface area contributed by atoms with Gasteiger partial charge >= 0.3 is 6.18 Å². The van der Waals surface area contributed by atoms with Gasteiger partial charge in [-0.05, 0) is 18.2 Å². The monoisotopic (exact) mass is 293 g/mol. The minimum atomic E-state index is -4.57. The third-order valence-electron chi connectivity index (χ3n) is 2.50. The Morgan fingerprint density at radius 2 is 1.95 bits per heavy atom. The maximum atomic E-state index is 12.8. The summed E-state index contributed by atoms with van der Waals surface area (Å²) < 4.78 is 38.3. The van der Waals surface area contributed by atoms with E-state index in [9.17, 15) is 13.2 Å². The molecular weight excluding hydrogens is 283 g/mol. The number of alkyl halides is 3. The SMILES string of the molecule is CNc1nc(Nc2cccc(C#N)c2)cc(C(F)(F)F)n1. The Hall–Kier alpha value is -2.82. The van der Waals surface area contributed by atoms with E-state index < -0.39 is 11.9 Å². The summed E-state index contributed by atoms with van der Waals surface area (Å²) in [5, 5.41) is 14.0. The number of hydrogen-bond acceptors (Lipinski definition) is 5. The minimum Gasteiger partial charge on any atom is -0.357 e. The van der Waals surface area contributed by atoms with Crippen molar-refractivity contribution in [2.24, 2.45) is 0 Å². The zero-order valence-electron chi connectivity index (χ0n) is 10.9. The lowest BCUT2D eigenvalue weighted by Crippen LogP contribution is -2.12. The second-order valence-corrected chi connectivity index (χ2v) is 4.03. The number of hydrogen-bond donors (Lipinski definition) is 2. The molecule has 0 aliphatic rings. The Labute approximate surface area is 118 Å². The van der Waals surface area contributed by atoms with Crippen molar-refractivity contribution in [3.63, 3.8) is 0 Å². The van der Waals surface area contributed by atoms with Crippen molar-refractivity contribution in [3.05, 3.63) is 41.6 Å². The summed E-state index contributed by atoms with van der Waals surface area (Å²) in [5.41, 5.74) is -0.206. The van der Waals surface area contributed by atoms with Crippen molar-refractivity contribution in [1.29, 1.82) is 5.26 Å². The van der Waals surface area contributed by atoms with Gasteiger partial charge in [-0.1, -0.05) is 6.07 Å². The van der Waals surface area contributed by atoms with Gasteiger partial charge in [0, 0.05) is 18.8 Å². The highest BCUT2D eigenvalue weighted by molar-refractivity contribution is 5.59. The Morgan fingerprint density at radius 3 is 2.57 bits per heavy atom. The predicted molar refractivity (Wildman–Crippen MR) is 71.0 cm³/mol. The highest BCUT2D eigenvalue weighted by Crippen LogP contribution is 2.30. The lowest BCUT2D eigenvalue weighted by Gasteiger charge is -2.11. The van der Waals surface area contributed by atoms with E-state index in [1.807, 2.05) is 6.07 Å². The van der Waals surface area contributed by atoms with Crippen molar-refractivity contribution in [2.45, 2.75) is 6.18 Å². The Morgan fingerprint density at radius 1 is 1.19 bits per heavy atom. The van der Waals surface area contributed by atoms with Crippen molar-refractivity contribution in [2.75, 3.05) is 17.7 Å². The number of nitriles is 1. The van der Waals surface area contributed by atoms with Crippen LogP contribution in [0, 0.1) is 11.3 Å². The third-order valence-corrected chi connectivity index (χ3v) is 2.50. The van der Waals surface area contributed by atoms with Crippen molar-refractivity contribution in [1.82, 2.24) is 9.97 Å². The lowest BCUT2D eigenvalue weighted by atomic mass is 10.2. The number of nitrogens with zero attached hydrogens (tertiary/aromatic N) is 3. The molecule has 0 spiro atoms. The van der Waals surface area contributed by atoms with Crippen molar-refractivity contribution in [3.8, 4) is 6.07 Å². The van der Waals surface area contributed by atoms with Crippen LogP contribution >= 0.6 is 0 Å². The van der Waals surface area contributed by atoms with Crippen LogP contribution in [0.3, 0.4) is 0 Å². The van der Waals surface area contributed by atoms with E-state index in [0.717, 1.165) is 6.07 Å². The number of halogens is 3. The zero-order chi connectivity index (χ0) is 15.5. The molecule has 0 saturated carbocycles. The highest BCUT2D eigenvalue weighted by atomic mass is 19.4. The van der Waals surface area contributed by atoms with E-state index in [4.69, 9.17) is 5.26 Å². The fourth-order valence-electron chi connectivity index (χ4n) is 1.58. The van der Waals surface area contributed by atoms with Crippen LogP contribution < -0.4 is 10.6 Å². The van der Waals surface area contributed by atoms with E-state index >= 15 is 0 Å². The van der Waals surface area contributed by atoms with Crippen LogP contribution in [0.4, 0.5) is 30.6 Å². The van der Waals surface area contributed by atoms with Crippen LogP contribution in [-0.2, 0) is 6.18 Å². The largest absolute Gasteiger partial charge is 0.433 e. The van der Waals surface area contributed by atoms with Crippen LogP contribution in [0.25, 0.3) is 0 Å². The quantitative estimate of drug-likeness (QED) is 0.909. The fraction of sp³-hybridized carbons (Fsp3) is 0.154. The van der Waals surface area contributed by atoms with Gasteiger partial charge in [0.25, 0.3) is 0 Å². The molecule has 108 valence electrons. The average molecular weight is 293 g/mol. The molecule has 0 radical (unpaired) electrons. The van der Waals surface area contributed by atoms with Gasteiger partial charge in [-0.15, -0.1) is 0 Å². The van der Waals surface area contributed by atoms with E-state index in [-0.39, 0.29) is 11.8 Å². The average Bonchev–Trinajstić information content (AvgIpc) is 2.46. The third kappa shape index (κ3) is 3.60. The van der Waals surface area contributed by atoms with Gasteiger partial charge < -0.3 is 10.6 Å². The molecular formula is C13H10F3N5. The second kappa shape index (κ2) is 5.66. The van der Waals surface area contributed by atoms with Gasteiger partial charge in [-0.3, -0.25) is 0 Å². The Bertz CT molecular complexity index is 691. The van der Waals surface area contributed by atoms with Gasteiger partial charge in [0.15, 0.2) is 5.69 Å². The Kier molecular flexibility index (Phi) is 3.93. The molecule has 2 N–H and O–H groups in total. The Balaban J connectivity index is 2.37. The van der Waals surface area contributed by atoms with Crippen LogP contribution in [0.5, 0.6) is 0 Å². The first-order valence-corrected chi connectivity index (χ1v) is 5.83. The summed E-state index contributed by atoms with van der Waals surface area (Å²) in [6.45, 7) is 0. The number of anilines is 3. The van der Waals surface area contributed by atoms with Crippen molar-refractivity contribution < 1.29 is 13.2 Å². The zero-order valence-corrected chi connectivity index (χ0v) is 10.9. The van der Waals surface area contributed by atoms with Gasteiger partial charge in [-0.2, -0.15) is 23.4 Å². The molecule has 1 aromatic heterocycles. The number of aromatic nitrogens is 2. The topological polar surface area (TPSA) is 73.6 Å². The summed E-state index contributed by atoms with van der Waals surface area (Å²) in [7, 11) is 1.43. The summed E-state index contributed by atoms with van der Waals surface area (Å²) in [6, 6.07) is 9.09. The molecule has 0 atom stereocenters. The molecule has 1 heterocycles. The first-order valence-electron chi connectivity index (χ1n) is 5.83. The first kappa shape index (κ1) is 14.6. The summed E-state index contributed by atoms with van der Waals surface area (Å²) in [5.74, 6) is -0.166. The molecule has 0 fully saturated rings. The number of benzene rings is 1. The summed E-state index contributed by atoms with van der Waals surface area (Å²) in [6.07, 6.45) is -4.57. The van der Waals surface area contributed by atoms with Crippen LogP contribution in [0.15, 0.2) is 30.3 Å². The summed E-state index contributed by atoms with van der Waals surface area (Å²) >= 11 is 0. The van der Waals surface area contributed by atoms with Gasteiger partial charge in [-0.25, -0.2) is 4.98 Å². The van der Waals surface area contributed by atoms with E-state index in [1.165, 1.54) is 13.1 Å². The van der Waals surface area contributed by atoms with Crippen molar-refractivity contribution >= 4 is 17.5 Å². The molecule has 0 unspecified atom stereocenters. The fourth-order valence-corrected chi connectivity index (χ4v) is 1.58. The second-order valence-electron chi connectivity index (χ2n) is 4.03. The standard InChI is InChI=1S/C13H10F3N5/c1-18-12-20-10(13(14,15)16)6-11(21-12)19-9-4-2-3-8(5-9)7-17/h2-6H,1H3,(H2,18,19,20,21). The molecule has 1 aromatic carbocycles. The lowest BCUT2D eigenvalue weighted by molar-refractivity contribution is -0.141. The molecule has 2 aromatic rings. The molecule has 0 aliphatic carbocycles. The van der Waals surface area contributed by atoms with Gasteiger partial charge in [0.2, 0.25) is 5.95 Å². The van der Waals surface area contributed by atoms with E-state index in [1.54, 1.807) is 18.2 Å². The number of rotatable bonds is 3. The minimum absolute atomic E-state index is 0.0169. The normalized spacial score (nSPS) is 10.8. The first-order chi connectivity index (χ1) is 9.92. The predicted octanol–water partition coefficient (Wildman–Crippen LogP) is 3.15. The molecule has 0 amide bonds. The molecule has 0 saturated heterocycles. The smallest absolute Gasteiger partial charge is 0.357 e. The van der Waals surface area contributed by atoms with E-state index in [2.05, 4.69) is 20.6 Å². The molecule has 5 nitrogen and oxygen atoms in total. The number of nitrogens with one attached hydrogen (secondary N) is 2.